The van der Waals surface area contributed by atoms with E-state index >= 15 is 0 Å². The number of para-hydroxylation sites is 1. The first kappa shape index (κ1) is 14.9. The van der Waals surface area contributed by atoms with Crippen molar-refractivity contribution >= 4 is 0 Å². The Hall–Kier alpha value is -1.06. The maximum absolute atomic E-state index is 5.80. The molecule has 2 unspecified atom stereocenters. The number of ether oxygens (including phenoxy) is 1. The van der Waals surface area contributed by atoms with Crippen molar-refractivity contribution in [3.8, 4) is 5.75 Å². The molecular formula is C18H28N2O. The molecule has 0 bridgehead atoms. The highest BCUT2D eigenvalue weighted by molar-refractivity contribution is 5.20. The second-order valence-corrected chi connectivity index (χ2v) is 6.91. The Balaban J connectivity index is 1.43. The van der Waals surface area contributed by atoms with Gasteiger partial charge in [-0.2, -0.15) is 0 Å². The summed E-state index contributed by atoms with van der Waals surface area (Å²) in [5.74, 6) is 1.88. The van der Waals surface area contributed by atoms with Crippen molar-refractivity contribution in [2.45, 2.75) is 44.7 Å². The second kappa shape index (κ2) is 6.37. The van der Waals surface area contributed by atoms with Gasteiger partial charge in [0.1, 0.15) is 5.75 Å². The monoisotopic (exact) mass is 288 g/mol. The molecule has 0 aromatic heterocycles. The van der Waals surface area contributed by atoms with E-state index in [-0.39, 0.29) is 0 Å². The van der Waals surface area contributed by atoms with Crippen LogP contribution >= 0.6 is 0 Å². The van der Waals surface area contributed by atoms with Gasteiger partial charge in [0.25, 0.3) is 0 Å². The molecule has 0 spiro atoms. The van der Waals surface area contributed by atoms with Crippen LogP contribution in [0, 0.1) is 5.92 Å². The number of hydrogen-bond acceptors (Lipinski definition) is 3. The summed E-state index contributed by atoms with van der Waals surface area (Å²) in [5.41, 5.74) is 0.340. The van der Waals surface area contributed by atoms with E-state index in [0.717, 1.165) is 37.8 Å². The van der Waals surface area contributed by atoms with Crippen LogP contribution in [-0.4, -0.2) is 42.7 Å². The van der Waals surface area contributed by atoms with Gasteiger partial charge >= 0.3 is 0 Å². The molecule has 2 fully saturated rings. The Morgan fingerprint density at radius 3 is 2.76 bits per heavy atom. The van der Waals surface area contributed by atoms with Gasteiger partial charge in [0.15, 0.2) is 0 Å². The number of nitrogens with one attached hydrogen (secondary N) is 1. The third-order valence-electron chi connectivity index (χ3n) is 5.04. The van der Waals surface area contributed by atoms with E-state index in [1.807, 2.05) is 30.3 Å². The summed E-state index contributed by atoms with van der Waals surface area (Å²) in [4.78, 5) is 2.64. The third kappa shape index (κ3) is 3.78. The lowest BCUT2D eigenvalue weighted by Gasteiger charge is -2.45. The smallest absolute Gasteiger partial charge is 0.119 e. The van der Waals surface area contributed by atoms with Crippen molar-refractivity contribution in [3.63, 3.8) is 0 Å². The van der Waals surface area contributed by atoms with Gasteiger partial charge in [0.2, 0.25) is 0 Å². The first-order valence-corrected chi connectivity index (χ1v) is 8.34. The molecule has 1 aliphatic carbocycles. The molecule has 1 aromatic rings. The van der Waals surface area contributed by atoms with Gasteiger partial charge in [-0.3, -0.25) is 4.90 Å². The fraction of sp³-hybridized carbons (Fsp3) is 0.667. The molecule has 3 rings (SSSR count). The van der Waals surface area contributed by atoms with Gasteiger partial charge in [-0.1, -0.05) is 18.2 Å². The van der Waals surface area contributed by atoms with Gasteiger partial charge in [-0.05, 0) is 51.2 Å². The first-order valence-electron chi connectivity index (χ1n) is 8.34. The van der Waals surface area contributed by atoms with Gasteiger partial charge in [0.05, 0.1) is 6.61 Å². The van der Waals surface area contributed by atoms with Crippen LogP contribution in [0.3, 0.4) is 0 Å². The molecule has 1 aromatic carbocycles. The molecular weight excluding hydrogens is 260 g/mol. The van der Waals surface area contributed by atoms with Crippen molar-refractivity contribution < 1.29 is 4.74 Å². The van der Waals surface area contributed by atoms with E-state index in [4.69, 9.17) is 4.74 Å². The van der Waals surface area contributed by atoms with Crippen LogP contribution in [0.25, 0.3) is 0 Å². The number of piperazine rings is 1. The quantitative estimate of drug-likeness (QED) is 0.815. The minimum absolute atomic E-state index is 0.340. The van der Waals surface area contributed by atoms with Crippen molar-refractivity contribution in [1.82, 2.24) is 10.2 Å². The van der Waals surface area contributed by atoms with Crippen LogP contribution in [0.15, 0.2) is 30.3 Å². The summed E-state index contributed by atoms with van der Waals surface area (Å²) in [5, 5.41) is 3.78. The maximum atomic E-state index is 5.80. The summed E-state index contributed by atoms with van der Waals surface area (Å²) < 4.78 is 5.80. The van der Waals surface area contributed by atoms with Crippen molar-refractivity contribution in [2.24, 2.45) is 5.92 Å². The van der Waals surface area contributed by atoms with E-state index in [9.17, 15) is 0 Å². The zero-order valence-corrected chi connectivity index (χ0v) is 13.3. The van der Waals surface area contributed by atoms with Gasteiger partial charge in [-0.15, -0.1) is 0 Å². The van der Waals surface area contributed by atoms with Crippen molar-refractivity contribution in [3.05, 3.63) is 30.3 Å². The standard InChI is InChI=1S/C18H28N2O/c1-15-13-19-18(2,16-9-10-16)14-20(15)11-6-12-21-17-7-4-3-5-8-17/h3-5,7-8,15-16,19H,6,9-14H2,1-2H3. The summed E-state index contributed by atoms with van der Waals surface area (Å²) in [6, 6.07) is 10.8. The molecule has 116 valence electrons. The van der Waals surface area contributed by atoms with Gasteiger partial charge < -0.3 is 10.1 Å². The fourth-order valence-electron chi connectivity index (χ4n) is 3.41. The van der Waals surface area contributed by atoms with E-state index < -0.39 is 0 Å². The second-order valence-electron chi connectivity index (χ2n) is 6.91. The highest BCUT2D eigenvalue weighted by Crippen LogP contribution is 2.41. The maximum Gasteiger partial charge on any atom is 0.119 e. The lowest BCUT2D eigenvalue weighted by Crippen LogP contribution is -2.63. The van der Waals surface area contributed by atoms with Crippen molar-refractivity contribution in [1.29, 1.82) is 0 Å². The van der Waals surface area contributed by atoms with Crippen LogP contribution in [-0.2, 0) is 0 Å². The minimum atomic E-state index is 0.340. The molecule has 2 aliphatic rings. The molecule has 1 saturated carbocycles. The van der Waals surface area contributed by atoms with Gasteiger partial charge in [-0.25, -0.2) is 0 Å². The van der Waals surface area contributed by atoms with E-state index in [0.29, 0.717) is 11.6 Å². The molecule has 1 N–H and O–H groups in total. The zero-order chi connectivity index (χ0) is 14.7. The predicted molar refractivity (Wildman–Crippen MR) is 86.7 cm³/mol. The SMILES string of the molecule is CC1CNC(C)(C2CC2)CN1CCCOc1ccccc1. The fourth-order valence-corrected chi connectivity index (χ4v) is 3.41. The molecule has 1 aliphatic heterocycles. The highest BCUT2D eigenvalue weighted by Gasteiger charge is 2.44. The van der Waals surface area contributed by atoms with E-state index in [1.165, 1.54) is 19.4 Å². The van der Waals surface area contributed by atoms with Crippen LogP contribution in [0.4, 0.5) is 0 Å². The Kier molecular flexibility index (Phi) is 4.51. The lowest BCUT2D eigenvalue weighted by molar-refractivity contribution is 0.0784. The van der Waals surface area contributed by atoms with Crippen LogP contribution in [0.2, 0.25) is 0 Å². The zero-order valence-electron chi connectivity index (χ0n) is 13.3. The molecule has 3 heteroatoms. The average Bonchev–Trinajstić information content (AvgIpc) is 3.33. The Bertz CT molecular complexity index is 446. The molecule has 0 amide bonds. The molecule has 1 heterocycles. The van der Waals surface area contributed by atoms with Crippen LogP contribution in [0.1, 0.15) is 33.1 Å². The molecule has 3 nitrogen and oxygen atoms in total. The third-order valence-corrected chi connectivity index (χ3v) is 5.04. The number of benzene rings is 1. The Morgan fingerprint density at radius 1 is 1.29 bits per heavy atom. The summed E-state index contributed by atoms with van der Waals surface area (Å²) in [6.07, 6.45) is 3.91. The van der Waals surface area contributed by atoms with Crippen molar-refractivity contribution in [2.75, 3.05) is 26.2 Å². The highest BCUT2D eigenvalue weighted by atomic mass is 16.5. The molecule has 1 saturated heterocycles. The van der Waals surface area contributed by atoms with Crippen LogP contribution in [0.5, 0.6) is 5.75 Å². The largest absolute Gasteiger partial charge is 0.494 e. The Labute approximate surface area is 128 Å². The normalized spacial score (nSPS) is 30.3. The number of rotatable bonds is 6. The summed E-state index contributed by atoms with van der Waals surface area (Å²) >= 11 is 0. The number of hydrogen-bond donors (Lipinski definition) is 1. The Morgan fingerprint density at radius 2 is 2.05 bits per heavy atom. The number of nitrogens with zero attached hydrogens (tertiary/aromatic N) is 1. The topological polar surface area (TPSA) is 24.5 Å². The molecule has 21 heavy (non-hydrogen) atoms. The molecule has 2 atom stereocenters. The summed E-state index contributed by atoms with van der Waals surface area (Å²) in [7, 11) is 0. The lowest BCUT2D eigenvalue weighted by atomic mass is 9.91. The van der Waals surface area contributed by atoms with Gasteiger partial charge in [0, 0.05) is 31.2 Å². The summed E-state index contributed by atoms with van der Waals surface area (Å²) in [6.45, 7) is 8.98. The minimum Gasteiger partial charge on any atom is -0.494 e. The predicted octanol–water partition coefficient (Wildman–Crippen LogP) is 2.92. The molecule has 0 radical (unpaired) electrons. The van der Waals surface area contributed by atoms with E-state index in [1.54, 1.807) is 0 Å². The van der Waals surface area contributed by atoms with Crippen LogP contribution < -0.4 is 10.1 Å². The van der Waals surface area contributed by atoms with E-state index in [2.05, 4.69) is 24.1 Å². The average molecular weight is 288 g/mol. The first-order chi connectivity index (χ1) is 10.2.